The number of carbonyl (C=O) groups is 1. The lowest BCUT2D eigenvalue weighted by Gasteiger charge is -2.43. The highest BCUT2D eigenvalue weighted by Crippen LogP contribution is 2.52. The Morgan fingerprint density at radius 1 is 1.21 bits per heavy atom. The second-order valence-electron chi connectivity index (χ2n) is 9.81. The summed E-state index contributed by atoms with van der Waals surface area (Å²) in [5.41, 5.74) is 1.22. The second-order valence-corrected chi connectivity index (χ2v) is 9.81. The second kappa shape index (κ2) is 8.07. The van der Waals surface area contributed by atoms with Crippen LogP contribution >= 0.6 is 0 Å². The van der Waals surface area contributed by atoms with Gasteiger partial charge in [-0.3, -0.25) is 9.78 Å². The fourth-order valence-corrected chi connectivity index (χ4v) is 5.99. The average molecular weight is 392 g/mol. The molecule has 3 aliphatic rings. The van der Waals surface area contributed by atoms with E-state index in [-0.39, 0.29) is 5.41 Å². The van der Waals surface area contributed by atoms with E-state index in [0.717, 1.165) is 50.5 Å². The van der Waals surface area contributed by atoms with Gasteiger partial charge in [0.25, 0.3) is 0 Å². The molecule has 0 saturated heterocycles. The molecular formula is C26H33NO2. The van der Waals surface area contributed by atoms with E-state index in [1.54, 1.807) is 12.4 Å². The summed E-state index contributed by atoms with van der Waals surface area (Å²) < 4.78 is 0. The van der Waals surface area contributed by atoms with E-state index in [4.69, 9.17) is 0 Å². The Hall–Kier alpha value is -1.92. The third-order valence-corrected chi connectivity index (χ3v) is 8.05. The summed E-state index contributed by atoms with van der Waals surface area (Å²) in [7, 11) is 0. The van der Waals surface area contributed by atoms with Gasteiger partial charge in [0.15, 0.2) is 5.78 Å². The van der Waals surface area contributed by atoms with Crippen molar-refractivity contribution in [1.82, 2.24) is 4.98 Å². The third kappa shape index (κ3) is 4.05. The molecule has 0 bridgehead atoms. The Morgan fingerprint density at radius 2 is 2.00 bits per heavy atom. The van der Waals surface area contributed by atoms with E-state index >= 15 is 0 Å². The number of hydrogen-bond donors (Lipinski definition) is 1. The first-order valence-electron chi connectivity index (χ1n) is 11.3. The van der Waals surface area contributed by atoms with Crippen LogP contribution in [0.3, 0.4) is 0 Å². The molecule has 3 aliphatic carbocycles. The van der Waals surface area contributed by atoms with Gasteiger partial charge in [-0.25, -0.2) is 0 Å². The average Bonchev–Trinajstić information content (AvgIpc) is 3.01. The molecule has 154 valence electrons. The normalized spacial score (nSPS) is 36.7. The van der Waals surface area contributed by atoms with Crippen LogP contribution in [0.5, 0.6) is 0 Å². The Kier molecular flexibility index (Phi) is 5.67. The zero-order chi connectivity index (χ0) is 20.5. The molecule has 0 aliphatic heterocycles. The highest BCUT2D eigenvalue weighted by atomic mass is 16.3. The zero-order valence-corrected chi connectivity index (χ0v) is 17.8. The van der Waals surface area contributed by atoms with E-state index in [1.165, 1.54) is 12.0 Å². The van der Waals surface area contributed by atoms with E-state index in [0.29, 0.717) is 30.0 Å². The van der Waals surface area contributed by atoms with Gasteiger partial charge in [0.05, 0.1) is 0 Å². The molecular weight excluding hydrogens is 358 g/mol. The molecule has 0 amide bonds. The van der Waals surface area contributed by atoms with Crippen LogP contribution in [-0.4, -0.2) is 21.5 Å². The maximum absolute atomic E-state index is 11.9. The predicted molar refractivity (Wildman–Crippen MR) is 115 cm³/mol. The smallest absolute Gasteiger partial charge is 0.155 e. The molecule has 1 aromatic rings. The molecule has 1 N–H and O–H groups in total. The van der Waals surface area contributed by atoms with Gasteiger partial charge in [0.1, 0.15) is 5.60 Å². The molecule has 5 atom stereocenters. The molecule has 4 rings (SSSR count). The van der Waals surface area contributed by atoms with Crippen LogP contribution in [0.4, 0.5) is 0 Å². The van der Waals surface area contributed by atoms with Crippen LogP contribution in [0.2, 0.25) is 0 Å². The number of fused-ring (bicyclic) bond motifs is 1. The van der Waals surface area contributed by atoms with Crippen molar-refractivity contribution in [1.29, 1.82) is 0 Å². The third-order valence-electron chi connectivity index (χ3n) is 8.05. The maximum atomic E-state index is 11.9. The molecule has 3 heteroatoms. The molecule has 1 heterocycles. The summed E-state index contributed by atoms with van der Waals surface area (Å²) in [5, 5.41) is 11.5. The van der Waals surface area contributed by atoms with Gasteiger partial charge in [-0.05, 0) is 87.3 Å². The van der Waals surface area contributed by atoms with E-state index in [9.17, 15) is 9.90 Å². The van der Waals surface area contributed by atoms with Crippen molar-refractivity contribution in [2.24, 2.45) is 23.2 Å². The fraction of sp³-hybridized carbons (Fsp3) is 0.615. The summed E-state index contributed by atoms with van der Waals surface area (Å²) >= 11 is 0. The van der Waals surface area contributed by atoms with Gasteiger partial charge in [-0.15, -0.1) is 0 Å². The summed E-state index contributed by atoms with van der Waals surface area (Å²) in [5.74, 6) is 8.63. The number of nitrogens with zero attached hydrogens (tertiary/aromatic N) is 1. The number of aromatic nitrogens is 1. The van der Waals surface area contributed by atoms with Crippen molar-refractivity contribution in [3.05, 3.63) is 41.7 Å². The van der Waals surface area contributed by atoms with Crippen molar-refractivity contribution in [2.45, 2.75) is 77.2 Å². The van der Waals surface area contributed by atoms with Gasteiger partial charge in [-0.1, -0.05) is 31.3 Å². The monoisotopic (exact) mass is 391 g/mol. The highest BCUT2D eigenvalue weighted by Gasteiger charge is 2.50. The number of rotatable bonds is 3. The first kappa shape index (κ1) is 20.4. The Bertz CT molecular complexity index is 848. The molecule has 0 spiro atoms. The lowest BCUT2D eigenvalue weighted by atomic mass is 9.62. The summed E-state index contributed by atoms with van der Waals surface area (Å²) in [4.78, 5) is 15.9. The molecule has 1 unspecified atom stereocenters. The maximum Gasteiger partial charge on any atom is 0.155 e. The first-order valence-corrected chi connectivity index (χ1v) is 11.3. The van der Waals surface area contributed by atoms with Crippen molar-refractivity contribution >= 4 is 5.78 Å². The summed E-state index contributed by atoms with van der Waals surface area (Å²) in [6.07, 6.45) is 14.4. The van der Waals surface area contributed by atoms with Crippen molar-refractivity contribution < 1.29 is 9.90 Å². The SMILES string of the molecule is C[C@@H]1CCC2=CC(=O)CC[C@@H]2[C@@H]1CC[C@@]1(C)CCCC1(O)C#Cc1ccncc1. The zero-order valence-electron chi connectivity index (χ0n) is 17.8. The van der Waals surface area contributed by atoms with Crippen molar-refractivity contribution in [3.63, 3.8) is 0 Å². The predicted octanol–water partition coefficient (Wildman–Crippen LogP) is 5.09. The van der Waals surface area contributed by atoms with E-state index < -0.39 is 5.60 Å². The lowest BCUT2D eigenvalue weighted by molar-refractivity contribution is -0.115. The lowest BCUT2D eigenvalue weighted by Crippen LogP contribution is -2.42. The molecule has 3 nitrogen and oxygen atoms in total. The molecule has 2 fully saturated rings. The van der Waals surface area contributed by atoms with Crippen LogP contribution in [0.25, 0.3) is 0 Å². The van der Waals surface area contributed by atoms with Crippen molar-refractivity contribution in [3.8, 4) is 11.8 Å². The minimum Gasteiger partial charge on any atom is -0.377 e. The largest absolute Gasteiger partial charge is 0.377 e. The van der Waals surface area contributed by atoms with Crippen molar-refractivity contribution in [2.75, 3.05) is 0 Å². The molecule has 29 heavy (non-hydrogen) atoms. The van der Waals surface area contributed by atoms with Crippen LogP contribution in [0.1, 0.15) is 77.2 Å². The number of aliphatic hydroxyl groups is 1. The number of ketones is 1. The molecule has 0 radical (unpaired) electrons. The minimum atomic E-state index is -0.921. The van der Waals surface area contributed by atoms with Crippen LogP contribution in [-0.2, 0) is 4.79 Å². The van der Waals surface area contributed by atoms with Gasteiger partial charge in [-0.2, -0.15) is 0 Å². The first-order chi connectivity index (χ1) is 13.9. The number of allylic oxidation sites excluding steroid dienone is 2. The van der Waals surface area contributed by atoms with Gasteiger partial charge >= 0.3 is 0 Å². The fourth-order valence-electron chi connectivity index (χ4n) is 5.99. The molecule has 2 saturated carbocycles. The number of pyridine rings is 1. The minimum absolute atomic E-state index is 0.168. The molecule has 0 aromatic carbocycles. The van der Waals surface area contributed by atoms with Gasteiger partial charge < -0.3 is 5.11 Å². The Morgan fingerprint density at radius 3 is 2.79 bits per heavy atom. The number of carbonyl (C=O) groups excluding carboxylic acids is 1. The Labute approximate surface area is 175 Å². The van der Waals surface area contributed by atoms with Gasteiger partial charge in [0, 0.05) is 29.8 Å². The van der Waals surface area contributed by atoms with Crippen LogP contribution in [0, 0.1) is 35.0 Å². The quantitative estimate of drug-likeness (QED) is 0.731. The standard InChI is InChI=1S/C26H33NO2/c1-19-4-5-21-18-22(28)6-7-24(21)23(19)9-14-25(2)12-3-13-26(25,29)15-8-20-10-16-27-17-11-20/h10-11,16-19,23-24,29H,3-7,9,12-14H2,1-2H3/t19-,23-,24+,25-,26?/m1/s1. The van der Waals surface area contributed by atoms with Crippen LogP contribution < -0.4 is 0 Å². The Balaban J connectivity index is 1.49. The molecule has 1 aromatic heterocycles. The van der Waals surface area contributed by atoms with Crippen LogP contribution in [0.15, 0.2) is 36.2 Å². The summed E-state index contributed by atoms with van der Waals surface area (Å²) in [6, 6.07) is 3.79. The summed E-state index contributed by atoms with van der Waals surface area (Å²) in [6.45, 7) is 4.61. The van der Waals surface area contributed by atoms with E-state index in [1.807, 2.05) is 18.2 Å². The van der Waals surface area contributed by atoms with Gasteiger partial charge in [0.2, 0.25) is 0 Å². The van der Waals surface area contributed by atoms with E-state index in [2.05, 4.69) is 30.7 Å². The highest BCUT2D eigenvalue weighted by molar-refractivity contribution is 5.91. The number of hydrogen-bond acceptors (Lipinski definition) is 3. The topological polar surface area (TPSA) is 50.2 Å².